The van der Waals surface area contributed by atoms with E-state index >= 15 is 0 Å². The maximum absolute atomic E-state index is 4.62. The lowest BCUT2D eigenvalue weighted by atomic mass is 9.90. The lowest BCUT2D eigenvalue weighted by Gasteiger charge is -2.21. The second-order valence-corrected chi connectivity index (χ2v) is 8.44. The molecule has 0 fully saturated rings. The summed E-state index contributed by atoms with van der Waals surface area (Å²) in [5, 5.41) is 5.11. The van der Waals surface area contributed by atoms with E-state index in [4.69, 9.17) is 0 Å². The molecule has 0 bridgehead atoms. The monoisotopic (exact) mass is 340 g/mol. The summed E-state index contributed by atoms with van der Waals surface area (Å²) >= 11 is 5.36. The molecule has 1 unspecified atom stereocenters. The van der Waals surface area contributed by atoms with Crippen molar-refractivity contribution in [1.29, 1.82) is 0 Å². The molecule has 0 spiro atoms. The molecule has 104 valence electrons. The molecular formula is C15H21BrN2S. The summed E-state index contributed by atoms with van der Waals surface area (Å²) in [5.74, 6) is 0. The highest BCUT2D eigenvalue weighted by Gasteiger charge is 2.25. The smallest absolute Gasteiger partial charge is 0.161 e. The van der Waals surface area contributed by atoms with Crippen molar-refractivity contribution in [2.24, 2.45) is 10.4 Å². The number of hydrogen-bond donors (Lipinski definition) is 1. The van der Waals surface area contributed by atoms with Crippen LogP contribution in [0.2, 0.25) is 0 Å². The fraction of sp³-hybridized carbons (Fsp3) is 0.533. The fourth-order valence-electron chi connectivity index (χ4n) is 2.16. The van der Waals surface area contributed by atoms with E-state index in [9.17, 15) is 0 Å². The molecule has 1 N–H and O–H groups in total. The zero-order valence-corrected chi connectivity index (χ0v) is 14.4. The molecule has 2 nitrogen and oxygen atoms in total. The van der Waals surface area contributed by atoms with Crippen LogP contribution in [0.1, 0.15) is 32.8 Å². The lowest BCUT2D eigenvalue weighted by molar-refractivity contribution is 0.375. The molecule has 0 saturated heterocycles. The minimum absolute atomic E-state index is 0.371. The molecule has 2 rings (SSSR count). The fourth-order valence-corrected chi connectivity index (χ4v) is 4.00. The highest BCUT2D eigenvalue weighted by molar-refractivity contribution is 9.10. The van der Waals surface area contributed by atoms with Crippen molar-refractivity contribution in [3.8, 4) is 0 Å². The average molecular weight is 341 g/mol. The summed E-state index contributed by atoms with van der Waals surface area (Å²) < 4.78 is 1.11. The Hall–Kier alpha value is -0.480. The first kappa shape index (κ1) is 14.9. The van der Waals surface area contributed by atoms with Crippen molar-refractivity contribution in [2.75, 3.05) is 11.9 Å². The van der Waals surface area contributed by atoms with E-state index in [1.165, 1.54) is 12.0 Å². The van der Waals surface area contributed by atoms with Crippen LogP contribution in [0.25, 0.3) is 0 Å². The molecule has 1 heterocycles. The Morgan fingerprint density at radius 3 is 2.79 bits per heavy atom. The van der Waals surface area contributed by atoms with Crippen molar-refractivity contribution in [3.05, 3.63) is 28.2 Å². The van der Waals surface area contributed by atoms with Crippen molar-refractivity contribution < 1.29 is 0 Å². The molecule has 0 aliphatic carbocycles. The predicted octanol–water partition coefficient (Wildman–Crippen LogP) is 5.08. The second-order valence-electron chi connectivity index (χ2n) is 6.23. The normalized spacial score (nSPS) is 19.4. The number of anilines is 1. The van der Waals surface area contributed by atoms with Crippen LogP contribution in [0.4, 0.5) is 5.69 Å². The number of thioether (sulfide) groups is 1. The number of aliphatic imine (C=N–C) groups is 1. The maximum Gasteiger partial charge on any atom is 0.161 e. The minimum atomic E-state index is 0.371. The van der Waals surface area contributed by atoms with Crippen molar-refractivity contribution in [3.63, 3.8) is 0 Å². The van der Waals surface area contributed by atoms with Crippen molar-refractivity contribution >= 4 is 38.5 Å². The summed E-state index contributed by atoms with van der Waals surface area (Å²) in [7, 11) is 0. The summed E-state index contributed by atoms with van der Waals surface area (Å²) in [5.41, 5.74) is 2.75. The number of nitrogens with zero attached hydrogens (tertiary/aromatic N) is 1. The number of nitrogens with one attached hydrogen (secondary N) is 1. The summed E-state index contributed by atoms with van der Waals surface area (Å²) in [4.78, 5) is 4.62. The molecule has 19 heavy (non-hydrogen) atoms. The van der Waals surface area contributed by atoms with Gasteiger partial charge in [0.1, 0.15) is 0 Å². The van der Waals surface area contributed by atoms with E-state index in [0.29, 0.717) is 10.7 Å². The average Bonchev–Trinajstić information content (AvgIpc) is 2.67. The van der Waals surface area contributed by atoms with Gasteiger partial charge in [-0.25, -0.2) is 0 Å². The van der Waals surface area contributed by atoms with Crippen LogP contribution in [-0.2, 0) is 0 Å². The molecule has 1 aromatic rings. The van der Waals surface area contributed by atoms with Crippen molar-refractivity contribution in [2.45, 2.75) is 39.4 Å². The first-order chi connectivity index (χ1) is 8.83. The van der Waals surface area contributed by atoms with Gasteiger partial charge < -0.3 is 5.32 Å². The second kappa shape index (κ2) is 5.88. The minimum Gasteiger partial charge on any atom is -0.335 e. The van der Waals surface area contributed by atoms with Crippen LogP contribution in [0.15, 0.2) is 27.7 Å². The van der Waals surface area contributed by atoms with Gasteiger partial charge >= 0.3 is 0 Å². The van der Waals surface area contributed by atoms with Crippen LogP contribution in [0, 0.1) is 12.3 Å². The molecule has 0 aromatic heterocycles. The lowest BCUT2D eigenvalue weighted by Crippen LogP contribution is -2.16. The molecular weight excluding hydrogens is 320 g/mol. The van der Waals surface area contributed by atoms with E-state index in [0.717, 1.165) is 21.9 Å². The maximum atomic E-state index is 4.62. The van der Waals surface area contributed by atoms with E-state index < -0.39 is 0 Å². The molecule has 0 amide bonds. The predicted molar refractivity (Wildman–Crippen MR) is 90.3 cm³/mol. The quantitative estimate of drug-likeness (QED) is 0.811. The zero-order valence-electron chi connectivity index (χ0n) is 12.0. The van der Waals surface area contributed by atoms with Gasteiger partial charge in [-0.1, -0.05) is 48.5 Å². The van der Waals surface area contributed by atoms with Crippen molar-refractivity contribution in [1.82, 2.24) is 0 Å². The molecule has 1 aliphatic heterocycles. The van der Waals surface area contributed by atoms with E-state index in [1.54, 1.807) is 0 Å². The topological polar surface area (TPSA) is 24.4 Å². The third-order valence-corrected chi connectivity index (χ3v) is 4.58. The number of hydrogen-bond acceptors (Lipinski definition) is 3. The summed E-state index contributed by atoms with van der Waals surface area (Å²) in [6, 6.07) is 6.27. The number of amidine groups is 1. The van der Waals surface area contributed by atoms with Gasteiger partial charge in [-0.2, -0.15) is 0 Å². The van der Waals surface area contributed by atoms with Crippen LogP contribution in [0.3, 0.4) is 0 Å². The van der Waals surface area contributed by atoms with Gasteiger partial charge in [0.05, 0.1) is 6.54 Å². The Morgan fingerprint density at radius 1 is 1.42 bits per heavy atom. The van der Waals surface area contributed by atoms with E-state index in [-0.39, 0.29) is 0 Å². The highest BCUT2D eigenvalue weighted by atomic mass is 79.9. The Labute approximate surface area is 128 Å². The van der Waals surface area contributed by atoms with Crippen LogP contribution in [0.5, 0.6) is 0 Å². The standard InChI is InChI=1S/C15H21BrN2S/c1-10-7-11(16)5-6-13(10)18-14-17-9-12(19-14)8-15(2,3)4/h5-7,12H,8-9H2,1-4H3,(H,17,18). The van der Waals surface area contributed by atoms with Crippen LogP contribution < -0.4 is 5.32 Å². The Bertz CT molecular complexity index is 491. The first-order valence-corrected chi connectivity index (χ1v) is 8.25. The van der Waals surface area contributed by atoms with Crippen LogP contribution >= 0.6 is 27.7 Å². The van der Waals surface area contributed by atoms with Gasteiger partial charge in [-0.05, 0) is 42.5 Å². The highest BCUT2D eigenvalue weighted by Crippen LogP contribution is 2.33. The number of halogens is 1. The van der Waals surface area contributed by atoms with Crippen LogP contribution in [-0.4, -0.2) is 17.0 Å². The number of benzene rings is 1. The molecule has 1 atom stereocenters. The largest absolute Gasteiger partial charge is 0.335 e. The van der Waals surface area contributed by atoms with Gasteiger partial charge in [0.2, 0.25) is 0 Å². The third kappa shape index (κ3) is 4.53. The Kier molecular flexibility index (Phi) is 4.62. The van der Waals surface area contributed by atoms with E-state index in [2.05, 4.69) is 72.1 Å². The van der Waals surface area contributed by atoms with Gasteiger partial charge in [0.25, 0.3) is 0 Å². The molecule has 0 saturated carbocycles. The molecule has 0 radical (unpaired) electrons. The Morgan fingerprint density at radius 2 is 2.16 bits per heavy atom. The molecule has 1 aromatic carbocycles. The zero-order chi connectivity index (χ0) is 14.0. The molecule has 1 aliphatic rings. The SMILES string of the molecule is Cc1cc(Br)ccc1NC1=NCC(CC(C)(C)C)S1. The summed E-state index contributed by atoms with van der Waals surface area (Å²) in [6.07, 6.45) is 1.20. The molecule has 4 heteroatoms. The van der Waals surface area contributed by atoms with Gasteiger partial charge in [0.15, 0.2) is 5.17 Å². The van der Waals surface area contributed by atoms with Gasteiger partial charge in [-0.15, -0.1) is 0 Å². The van der Waals surface area contributed by atoms with E-state index in [1.807, 2.05) is 11.8 Å². The number of aryl methyl sites for hydroxylation is 1. The summed E-state index contributed by atoms with van der Waals surface area (Å²) in [6.45, 7) is 9.91. The number of rotatable bonds is 2. The van der Waals surface area contributed by atoms with Gasteiger partial charge in [0, 0.05) is 15.4 Å². The third-order valence-electron chi connectivity index (χ3n) is 2.99. The Balaban J connectivity index is 1.95. The van der Waals surface area contributed by atoms with Gasteiger partial charge in [-0.3, -0.25) is 4.99 Å². The first-order valence-electron chi connectivity index (χ1n) is 6.58.